The van der Waals surface area contributed by atoms with E-state index in [9.17, 15) is 9.59 Å². The average Bonchev–Trinajstić information content (AvgIpc) is 3.45. The molecule has 0 fully saturated rings. The Kier molecular flexibility index (Phi) is 5.66. The minimum Gasteiger partial charge on any atom is -0.370 e. The lowest BCUT2D eigenvalue weighted by molar-refractivity contribution is -0.113. The molecule has 0 bridgehead atoms. The van der Waals surface area contributed by atoms with Crippen LogP contribution in [0.1, 0.15) is 24.3 Å². The molecule has 10 heteroatoms. The van der Waals surface area contributed by atoms with Gasteiger partial charge in [0.25, 0.3) is 5.56 Å². The van der Waals surface area contributed by atoms with Crippen molar-refractivity contribution < 1.29 is 9.53 Å². The highest BCUT2D eigenvalue weighted by Crippen LogP contribution is 2.39. The fourth-order valence-electron chi connectivity index (χ4n) is 4.46. The lowest BCUT2D eigenvalue weighted by atomic mass is 9.94. The second-order valence-electron chi connectivity index (χ2n) is 9.21. The molecule has 1 aliphatic rings. The molecular formula is C26H23N5O3S2. The van der Waals surface area contributed by atoms with E-state index >= 15 is 0 Å². The van der Waals surface area contributed by atoms with Crippen LogP contribution < -0.4 is 10.9 Å². The number of nitrogens with one attached hydrogen (secondary N) is 1. The van der Waals surface area contributed by atoms with Crippen molar-refractivity contribution in [1.82, 2.24) is 19.2 Å². The Labute approximate surface area is 214 Å². The summed E-state index contributed by atoms with van der Waals surface area (Å²) < 4.78 is 9.55. The van der Waals surface area contributed by atoms with E-state index < -0.39 is 0 Å². The number of carbonyl (C=O) groups excluding carboxylic acids is 1. The molecule has 0 spiro atoms. The lowest BCUT2D eigenvalue weighted by Gasteiger charge is -2.29. The molecule has 3 aromatic heterocycles. The van der Waals surface area contributed by atoms with Gasteiger partial charge >= 0.3 is 0 Å². The normalized spacial score (nSPS) is 14.7. The number of thioether (sulfide) groups is 1. The standard InChI is InChI=1S/C26H23N5O3S2/c1-26(2)13-18-19(14-34-26)36-23-21(18)22(33)30(17-11-7-4-8-12-17)24-28-29-25(31(23)24)35-15-20(32)27-16-9-5-3-6-10-16/h3-12H,13-15H2,1-2H3,(H,27,32). The molecule has 1 amide bonds. The number of rotatable bonds is 5. The van der Waals surface area contributed by atoms with Gasteiger partial charge < -0.3 is 10.1 Å². The molecule has 5 aromatic rings. The maximum Gasteiger partial charge on any atom is 0.268 e. The van der Waals surface area contributed by atoms with Gasteiger partial charge in [-0.3, -0.25) is 9.59 Å². The number of fused-ring (bicyclic) bond motifs is 5. The van der Waals surface area contributed by atoms with Crippen LogP contribution in [0.4, 0.5) is 5.69 Å². The van der Waals surface area contributed by atoms with Crippen LogP contribution in [0, 0.1) is 0 Å². The Morgan fingerprint density at radius 3 is 2.58 bits per heavy atom. The molecule has 6 rings (SSSR count). The molecule has 0 saturated heterocycles. The molecule has 8 nitrogen and oxygen atoms in total. The largest absolute Gasteiger partial charge is 0.370 e. The number of para-hydroxylation sites is 2. The molecule has 4 heterocycles. The van der Waals surface area contributed by atoms with Crippen LogP contribution in [-0.4, -0.2) is 36.4 Å². The SMILES string of the molecule is CC1(C)Cc2c(sc3c2c(=O)n(-c2ccccc2)c2nnc(SCC(=O)Nc4ccccc4)n32)CO1. The molecule has 182 valence electrons. The summed E-state index contributed by atoms with van der Waals surface area (Å²) in [5.74, 6) is 0.433. The first-order valence-corrected chi connectivity index (χ1v) is 13.3. The van der Waals surface area contributed by atoms with E-state index in [1.165, 1.54) is 23.1 Å². The zero-order valence-corrected chi connectivity index (χ0v) is 21.4. The quantitative estimate of drug-likeness (QED) is 0.341. The van der Waals surface area contributed by atoms with E-state index in [1.807, 2.05) is 78.9 Å². The van der Waals surface area contributed by atoms with Gasteiger partial charge in [-0.15, -0.1) is 21.5 Å². The van der Waals surface area contributed by atoms with Crippen LogP contribution in [0.3, 0.4) is 0 Å². The van der Waals surface area contributed by atoms with Gasteiger partial charge in [0, 0.05) is 17.0 Å². The molecule has 0 unspecified atom stereocenters. The van der Waals surface area contributed by atoms with Crippen molar-refractivity contribution >= 4 is 50.7 Å². The summed E-state index contributed by atoms with van der Waals surface area (Å²) >= 11 is 2.83. The monoisotopic (exact) mass is 517 g/mol. The highest BCUT2D eigenvalue weighted by atomic mass is 32.2. The van der Waals surface area contributed by atoms with Gasteiger partial charge in [0.2, 0.25) is 11.7 Å². The number of thiophene rings is 1. The molecule has 36 heavy (non-hydrogen) atoms. The van der Waals surface area contributed by atoms with Gasteiger partial charge in [-0.2, -0.15) is 0 Å². The van der Waals surface area contributed by atoms with Crippen molar-refractivity contribution in [3.8, 4) is 5.69 Å². The van der Waals surface area contributed by atoms with Crippen LogP contribution >= 0.6 is 23.1 Å². The summed E-state index contributed by atoms with van der Waals surface area (Å²) in [5, 5.41) is 12.9. The van der Waals surface area contributed by atoms with Gasteiger partial charge in [-0.1, -0.05) is 48.2 Å². The summed E-state index contributed by atoms with van der Waals surface area (Å²) in [4.78, 5) is 28.4. The van der Waals surface area contributed by atoms with Gasteiger partial charge in [-0.05, 0) is 43.7 Å². The van der Waals surface area contributed by atoms with E-state index in [0.29, 0.717) is 35.0 Å². The van der Waals surface area contributed by atoms with Crippen molar-refractivity contribution in [3.05, 3.63) is 81.5 Å². The number of amides is 1. The Morgan fingerprint density at radius 1 is 1.11 bits per heavy atom. The van der Waals surface area contributed by atoms with Gasteiger partial charge in [0.05, 0.1) is 29.0 Å². The van der Waals surface area contributed by atoms with E-state index in [2.05, 4.69) is 15.5 Å². The molecule has 0 radical (unpaired) electrons. The van der Waals surface area contributed by atoms with E-state index in [0.717, 1.165) is 21.0 Å². The number of anilines is 1. The molecule has 0 saturated carbocycles. The Bertz CT molecular complexity index is 1660. The average molecular weight is 518 g/mol. The van der Waals surface area contributed by atoms with Crippen LogP contribution in [0.5, 0.6) is 0 Å². The van der Waals surface area contributed by atoms with Crippen molar-refractivity contribution in [1.29, 1.82) is 0 Å². The fraction of sp³-hybridized carbons (Fsp3) is 0.231. The van der Waals surface area contributed by atoms with Crippen molar-refractivity contribution in [2.24, 2.45) is 0 Å². The number of hydrogen-bond donors (Lipinski definition) is 1. The Morgan fingerprint density at radius 2 is 1.83 bits per heavy atom. The second-order valence-corrected chi connectivity index (χ2v) is 11.2. The first-order chi connectivity index (χ1) is 17.4. The molecule has 0 aliphatic carbocycles. The van der Waals surface area contributed by atoms with E-state index in [4.69, 9.17) is 4.74 Å². The van der Waals surface area contributed by atoms with Crippen LogP contribution in [0.15, 0.2) is 70.6 Å². The Hall–Kier alpha value is -3.47. The van der Waals surface area contributed by atoms with Crippen molar-refractivity contribution in [2.75, 3.05) is 11.1 Å². The predicted molar refractivity (Wildman–Crippen MR) is 142 cm³/mol. The van der Waals surface area contributed by atoms with Gasteiger partial charge in [-0.25, -0.2) is 8.97 Å². The van der Waals surface area contributed by atoms with E-state index in [-0.39, 0.29) is 22.8 Å². The summed E-state index contributed by atoms with van der Waals surface area (Å²) in [6.45, 7) is 4.54. The number of ether oxygens (including phenoxy) is 1. The van der Waals surface area contributed by atoms with Crippen molar-refractivity contribution in [2.45, 2.75) is 37.6 Å². The summed E-state index contributed by atoms with van der Waals surface area (Å²) in [5.41, 5.74) is 1.99. The third-order valence-corrected chi connectivity index (χ3v) is 8.23. The third kappa shape index (κ3) is 4.01. The maximum absolute atomic E-state index is 13.9. The molecule has 1 aliphatic heterocycles. The number of carbonyl (C=O) groups is 1. The maximum atomic E-state index is 13.9. The molecule has 2 aromatic carbocycles. The highest BCUT2D eigenvalue weighted by molar-refractivity contribution is 7.99. The summed E-state index contributed by atoms with van der Waals surface area (Å²) in [6.07, 6.45) is 0.641. The molecule has 1 N–H and O–H groups in total. The van der Waals surface area contributed by atoms with Gasteiger partial charge in [0.1, 0.15) is 4.83 Å². The Balaban J connectivity index is 1.49. The lowest BCUT2D eigenvalue weighted by Crippen LogP contribution is -2.32. The topological polar surface area (TPSA) is 90.5 Å². The molecule has 0 atom stereocenters. The third-order valence-electron chi connectivity index (χ3n) is 6.11. The first kappa shape index (κ1) is 23.0. The number of hydrogen-bond acceptors (Lipinski definition) is 7. The first-order valence-electron chi connectivity index (χ1n) is 11.5. The van der Waals surface area contributed by atoms with Crippen LogP contribution in [0.25, 0.3) is 21.7 Å². The number of aromatic nitrogens is 4. The zero-order valence-electron chi connectivity index (χ0n) is 19.7. The summed E-state index contributed by atoms with van der Waals surface area (Å²) in [7, 11) is 0. The van der Waals surface area contributed by atoms with Crippen molar-refractivity contribution in [3.63, 3.8) is 0 Å². The second kappa shape index (κ2) is 8.88. The fourth-order valence-corrected chi connectivity index (χ4v) is 6.47. The number of benzene rings is 2. The minimum absolute atomic E-state index is 0.121. The highest BCUT2D eigenvalue weighted by Gasteiger charge is 2.32. The molecular weight excluding hydrogens is 494 g/mol. The van der Waals surface area contributed by atoms with Crippen LogP contribution in [-0.2, 0) is 22.6 Å². The van der Waals surface area contributed by atoms with Gasteiger partial charge in [0.15, 0.2) is 5.16 Å². The smallest absolute Gasteiger partial charge is 0.268 e. The van der Waals surface area contributed by atoms with Crippen LogP contribution in [0.2, 0.25) is 0 Å². The zero-order chi connectivity index (χ0) is 24.9. The van der Waals surface area contributed by atoms with E-state index in [1.54, 1.807) is 4.57 Å². The minimum atomic E-state index is -0.361. The summed E-state index contributed by atoms with van der Waals surface area (Å²) in [6, 6.07) is 18.8. The number of nitrogens with zero attached hydrogens (tertiary/aromatic N) is 4. The predicted octanol–water partition coefficient (Wildman–Crippen LogP) is 4.68.